The minimum atomic E-state index is -1.47. The zero-order valence-electron chi connectivity index (χ0n) is 37.0. The summed E-state index contributed by atoms with van der Waals surface area (Å²) in [6, 6.07) is -0.466. The summed E-state index contributed by atoms with van der Waals surface area (Å²) in [5.41, 5.74) is -1.47. The molecule has 0 aliphatic carbocycles. The van der Waals surface area contributed by atoms with Crippen LogP contribution in [0.4, 0.5) is 0 Å². The standard InChI is InChI=1S/C43H74N2O14/c1-24-21-29(19-20-46)39(59-42-37(49)36(45(9)10)38(27(4)56-42)58-35-23-43(6,51)41(50)28(5)55-35)40(52-11)31(47)22-33(48)53-25(2)15-13-12-14-16-32(24)57-34-18-17-30(44(7)8)26(3)54-34/h12-14,16,20,24-32,34-42,47,49-51H,15,17-19,21-23H2,1-11H3/b13-12+,16-14+/t24-,25-,26-,27-,28?,29+,30+,31-,32+,34+,35+,36+,37-,38?,39+,40+,41+,42+,43-/m1/s1. The number of ether oxygens (including phenoxy) is 8. The molecule has 0 aromatic rings. The second-order valence-electron chi connectivity index (χ2n) is 17.8. The molecular weight excluding hydrogens is 768 g/mol. The van der Waals surface area contributed by atoms with Crippen LogP contribution in [0.5, 0.6) is 0 Å². The van der Waals surface area contributed by atoms with Gasteiger partial charge in [-0.3, -0.25) is 4.79 Å². The summed E-state index contributed by atoms with van der Waals surface area (Å²) >= 11 is 0. The number of likely N-dealkylation sites (N-methyl/N-ethyl adjacent to an activating group) is 2. The van der Waals surface area contributed by atoms with Gasteiger partial charge in [-0.2, -0.15) is 0 Å². The summed E-state index contributed by atoms with van der Waals surface area (Å²) in [7, 11) is 9.03. The number of esters is 1. The molecule has 0 radical (unpaired) electrons. The van der Waals surface area contributed by atoms with Crippen LogP contribution in [0, 0.1) is 11.8 Å². The molecule has 3 saturated heterocycles. The molecule has 0 aromatic heterocycles. The van der Waals surface area contributed by atoms with E-state index in [4.69, 9.17) is 37.9 Å². The monoisotopic (exact) mass is 843 g/mol. The van der Waals surface area contributed by atoms with Crippen molar-refractivity contribution in [1.82, 2.24) is 9.80 Å². The Balaban J connectivity index is 1.66. The average molecular weight is 843 g/mol. The number of cyclic esters (lactones) is 1. The first-order valence-electron chi connectivity index (χ1n) is 21.3. The lowest BCUT2D eigenvalue weighted by Gasteiger charge is -2.50. The van der Waals surface area contributed by atoms with E-state index in [-0.39, 0.29) is 30.9 Å². The van der Waals surface area contributed by atoms with Crippen LogP contribution in [0.3, 0.4) is 0 Å². The Hall–Kier alpha value is -1.90. The third kappa shape index (κ3) is 13.3. The molecule has 16 nitrogen and oxygen atoms in total. The highest BCUT2D eigenvalue weighted by Crippen LogP contribution is 2.37. The fraction of sp³-hybridized carbons (Fsp3) is 0.860. The quantitative estimate of drug-likeness (QED) is 0.175. The predicted octanol–water partition coefficient (Wildman–Crippen LogP) is 2.33. The van der Waals surface area contributed by atoms with Crippen LogP contribution in [0.2, 0.25) is 0 Å². The van der Waals surface area contributed by atoms with E-state index < -0.39 is 110 Å². The molecule has 16 heteroatoms. The van der Waals surface area contributed by atoms with Gasteiger partial charge >= 0.3 is 5.97 Å². The zero-order chi connectivity index (χ0) is 43.8. The van der Waals surface area contributed by atoms with Gasteiger partial charge < -0.3 is 72.9 Å². The maximum Gasteiger partial charge on any atom is 0.308 e. The van der Waals surface area contributed by atoms with Gasteiger partial charge in [0.25, 0.3) is 0 Å². The largest absolute Gasteiger partial charge is 0.462 e. The number of nitrogens with zero attached hydrogens (tertiary/aromatic N) is 2. The zero-order valence-corrected chi connectivity index (χ0v) is 37.0. The van der Waals surface area contributed by atoms with E-state index >= 15 is 0 Å². The van der Waals surface area contributed by atoms with Crippen molar-refractivity contribution in [3.63, 3.8) is 0 Å². The second kappa shape index (κ2) is 22.5. The summed E-state index contributed by atoms with van der Waals surface area (Å²) in [4.78, 5) is 29.5. The molecule has 0 amide bonds. The third-order valence-electron chi connectivity index (χ3n) is 12.4. The molecule has 0 saturated carbocycles. The first kappa shape index (κ1) is 49.8. The first-order chi connectivity index (χ1) is 27.8. The Morgan fingerprint density at radius 1 is 0.864 bits per heavy atom. The number of carbonyl (C=O) groups excluding carboxylic acids is 2. The maximum atomic E-state index is 13.1. The van der Waals surface area contributed by atoms with E-state index in [2.05, 4.69) is 4.90 Å². The summed E-state index contributed by atoms with van der Waals surface area (Å²) in [6.07, 6.45) is -1.56. The Morgan fingerprint density at radius 3 is 2.17 bits per heavy atom. The van der Waals surface area contributed by atoms with Gasteiger partial charge in [-0.1, -0.05) is 31.2 Å². The van der Waals surface area contributed by atoms with Crippen molar-refractivity contribution >= 4 is 12.3 Å². The highest BCUT2D eigenvalue weighted by atomic mass is 16.7. The molecule has 59 heavy (non-hydrogen) atoms. The topological polar surface area (TPSA) is 195 Å². The van der Waals surface area contributed by atoms with E-state index in [1.165, 1.54) is 14.0 Å². The molecular formula is C43H74N2O14. The van der Waals surface area contributed by atoms with Crippen molar-refractivity contribution < 1.29 is 67.9 Å². The SMILES string of the molecule is CO[C@@H]1[C@@H](O[C@@H]2O[C@H](C)C(O[C@H]3C[C@@](C)(O)[C@@H](O)C(C)O3)[C@@H](N(C)C)[C@H]2O)[C@@H](CC=O)C[C@@H](C)[C@@H](O[C@H]2CC[C@H](N(C)C)[C@@H](C)O2)/C=C/C=C/C[C@@H](C)OC(=O)C[C@H]1O. The molecule has 4 N–H and O–H groups in total. The second-order valence-corrected chi connectivity index (χ2v) is 17.8. The Kier molecular flexibility index (Phi) is 18.9. The number of rotatable bonds is 11. The molecule has 19 atom stereocenters. The summed E-state index contributed by atoms with van der Waals surface area (Å²) in [5.74, 6) is -1.47. The molecule has 340 valence electrons. The number of allylic oxidation sites excluding steroid dienone is 2. The van der Waals surface area contributed by atoms with Crippen LogP contribution < -0.4 is 0 Å². The van der Waals surface area contributed by atoms with Crippen molar-refractivity contribution in [2.75, 3.05) is 35.3 Å². The fourth-order valence-electron chi connectivity index (χ4n) is 9.10. The van der Waals surface area contributed by atoms with Gasteiger partial charge in [0.2, 0.25) is 0 Å². The van der Waals surface area contributed by atoms with E-state index in [1.54, 1.807) is 39.8 Å². The Bertz CT molecular complexity index is 1370. The first-order valence-corrected chi connectivity index (χ1v) is 21.3. The van der Waals surface area contributed by atoms with Crippen LogP contribution in [-0.2, 0) is 47.5 Å². The van der Waals surface area contributed by atoms with Crippen LogP contribution in [-0.4, -0.2) is 181 Å². The van der Waals surface area contributed by atoms with E-state index in [1.807, 2.05) is 52.2 Å². The lowest BCUT2D eigenvalue weighted by atomic mass is 9.82. The van der Waals surface area contributed by atoms with Crippen LogP contribution in [0.1, 0.15) is 86.5 Å². The number of hydrogen-bond donors (Lipinski definition) is 4. The van der Waals surface area contributed by atoms with Crippen LogP contribution >= 0.6 is 0 Å². The lowest BCUT2D eigenvalue weighted by Crippen LogP contribution is -2.65. The van der Waals surface area contributed by atoms with Crippen LogP contribution in [0.15, 0.2) is 24.3 Å². The van der Waals surface area contributed by atoms with E-state index in [0.29, 0.717) is 19.3 Å². The molecule has 0 spiro atoms. The van der Waals surface area contributed by atoms with Crippen LogP contribution in [0.25, 0.3) is 0 Å². The van der Waals surface area contributed by atoms with Crippen molar-refractivity contribution in [2.45, 2.75) is 190 Å². The van der Waals surface area contributed by atoms with Gasteiger partial charge in [0.15, 0.2) is 18.9 Å². The van der Waals surface area contributed by atoms with E-state index in [0.717, 1.165) is 12.7 Å². The average Bonchev–Trinajstić information content (AvgIpc) is 3.13. The normalized spacial score (nSPS) is 45.8. The van der Waals surface area contributed by atoms with Gasteiger partial charge in [-0.25, -0.2) is 0 Å². The number of aliphatic hydroxyl groups excluding tert-OH is 3. The van der Waals surface area contributed by atoms with Crippen molar-refractivity contribution in [3.8, 4) is 0 Å². The molecule has 4 heterocycles. The fourth-order valence-corrected chi connectivity index (χ4v) is 9.10. The predicted molar refractivity (Wildman–Crippen MR) is 217 cm³/mol. The number of aliphatic hydroxyl groups is 4. The number of hydrogen-bond acceptors (Lipinski definition) is 16. The van der Waals surface area contributed by atoms with Crippen molar-refractivity contribution in [3.05, 3.63) is 24.3 Å². The van der Waals surface area contributed by atoms with Crippen molar-refractivity contribution in [1.29, 1.82) is 0 Å². The third-order valence-corrected chi connectivity index (χ3v) is 12.4. The number of carbonyl (C=O) groups is 2. The number of aldehydes is 1. The van der Waals surface area contributed by atoms with Gasteiger partial charge in [-0.15, -0.1) is 0 Å². The Labute approximate surface area is 351 Å². The smallest absolute Gasteiger partial charge is 0.308 e. The minimum Gasteiger partial charge on any atom is -0.462 e. The van der Waals surface area contributed by atoms with Gasteiger partial charge in [0, 0.05) is 32.4 Å². The molecule has 0 aromatic carbocycles. The molecule has 4 aliphatic heterocycles. The molecule has 4 aliphatic rings. The van der Waals surface area contributed by atoms with Gasteiger partial charge in [0.05, 0.1) is 54.7 Å². The maximum absolute atomic E-state index is 13.1. The Morgan fingerprint density at radius 2 is 1.56 bits per heavy atom. The van der Waals surface area contributed by atoms with Gasteiger partial charge in [0.1, 0.15) is 36.8 Å². The summed E-state index contributed by atoms with van der Waals surface area (Å²) < 4.78 is 50.0. The summed E-state index contributed by atoms with van der Waals surface area (Å²) in [5, 5.41) is 45.1. The lowest BCUT2D eigenvalue weighted by molar-refractivity contribution is -0.344. The summed E-state index contributed by atoms with van der Waals surface area (Å²) in [6.45, 7) is 10.8. The van der Waals surface area contributed by atoms with E-state index in [9.17, 15) is 30.0 Å². The highest BCUT2D eigenvalue weighted by Gasteiger charge is 2.52. The number of methoxy groups -OCH3 is 1. The molecule has 2 unspecified atom stereocenters. The molecule has 0 bridgehead atoms. The molecule has 4 rings (SSSR count). The molecule has 3 fully saturated rings. The van der Waals surface area contributed by atoms with Gasteiger partial charge in [-0.05, 0) is 93.9 Å². The minimum absolute atomic E-state index is 0.00885. The highest BCUT2D eigenvalue weighted by molar-refractivity contribution is 5.70. The van der Waals surface area contributed by atoms with Crippen molar-refractivity contribution in [2.24, 2.45) is 11.8 Å².